The summed E-state index contributed by atoms with van der Waals surface area (Å²) in [5.74, 6) is 1.45. The number of carbonyl (C=O) groups excluding carboxylic acids is 1. The maximum Gasteiger partial charge on any atom is 0.251 e. The number of benzene rings is 2. The molecule has 2 aromatic carbocycles. The molecule has 2 N–H and O–H groups in total. The minimum absolute atomic E-state index is 0.0118. The van der Waals surface area contributed by atoms with Crippen LogP contribution in [-0.2, 0) is 5.60 Å². The standard InChI is InChI=1S/C23H19NO4S/c25-22(17-10-12-19(13-11-17)28-18-6-2-1-3-7-18)24-16-23(26,20-8-4-14-27-20)21-9-5-15-29-21/h1-15,26H,16H2,(H,24,25). The Morgan fingerprint density at radius 1 is 0.966 bits per heavy atom. The number of aliphatic hydroxyl groups is 1. The average molecular weight is 405 g/mol. The van der Waals surface area contributed by atoms with Crippen molar-refractivity contribution in [2.45, 2.75) is 5.60 Å². The fourth-order valence-electron chi connectivity index (χ4n) is 2.93. The van der Waals surface area contributed by atoms with Gasteiger partial charge < -0.3 is 19.6 Å². The predicted octanol–water partition coefficient (Wildman–Crippen LogP) is 4.80. The number of thiophene rings is 1. The van der Waals surface area contributed by atoms with Crippen LogP contribution in [0.2, 0.25) is 0 Å². The zero-order valence-electron chi connectivity index (χ0n) is 15.4. The van der Waals surface area contributed by atoms with Gasteiger partial charge in [0.2, 0.25) is 0 Å². The van der Waals surface area contributed by atoms with Gasteiger partial charge in [0.25, 0.3) is 5.91 Å². The van der Waals surface area contributed by atoms with Gasteiger partial charge in [0.1, 0.15) is 17.3 Å². The smallest absolute Gasteiger partial charge is 0.251 e. The number of amides is 1. The molecule has 0 bridgehead atoms. The lowest BCUT2D eigenvalue weighted by atomic mass is 9.98. The van der Waals surface area contributed by atoms with Crippen LogP contribution >= 0.6 is 11.3 Å². The fourth-order valence-corrected chi connectivity index (χ4v) is 3.76. The zero-order valence-corrected chi connectivity index (χ0v) is 16.3. The first kappa shape index (κ1) is 19.0. The first-order valence-electron chi connectivity index (χ1n) is 9.07. The molecule has 6 heteroatoms. The molecule has 0 saturated carbocycles. The van der Waals surface area contributed by atoms with Crippen molar-refractivity contribution in [1.29, 1.82) is 0 Å². The van der Waals surface area contributed by atoms with E-state index in [4.69, 9.17) is 9.15 Å². The minimum Gasteiger partial charge on any atom is -0.466 e. The number of nitrogens with one attached hydrogen (secondary N) is 1. The van der Waals surface area contributed by atoms with E-state index >= 15 is 0 Å². The number of rotatable bonds is 7. The summed E-state index contributed by atoms with van der Waals surface area (Å²) in [6.07, 6.45) is 1.50. The SMILES string of the molecule is O=C(NCC(O)(c1ccco1)c1cccs1)c1ccc(Oc2ccccc2)cc1. The second-order valence-electron chi connectivity index (χ2n) is 6.44. The van der Waals surface area contributed by atoms with Crippen molar-refractivity contribution in [3.05, 3.63) is 107 Å². The van der Waals surface area contributed by atoms with Crippen LogP contribution in [0.15, 0.2) is 94.9 Å². The maximum atomic E-state index is 12.6. The summed E-state index contributed by atoms with van der Waals surface area (Å²) < 4.78 is 11.2. The topological polar surface area (TPSA) is 71.7 Å². The van der Waals surface area contributed by atoms with Crippen LogP contribution in [0.1, 0.15) is 21.0 Å². The fraction of sp³-hybridized carbons (Fsp3) is 0.0870. The van der Waals surface area contributed by atoms with Crippen LogP contribution in [0, 0.1) is 0 Å². The number of hydrogen-bond acceptors (Lipinski definition) is 5. The van der Waals surface area contributed by atoms with E-state index in [-0.39, 0.29) is 12.5 Å². The van der Waals surface area contributed by atoms with E-state index < -0.39 is 5.60 Å². The molecule has 0 fully saturated rings. The van der Waals surface area contributed by atoms with Gasteiger partial charge in [-0.15, -0.1) is 11.3 Å². The molecular formula is C23H19NO4S. The molecular weight excluding hydrogens is 386 g/mol. The highest BCUT2D eigenvalue weighted by Gasteiger charge is 2.36. The van der Waals surface area contributed by atoms with Gasteiger partial charge in [0.05, 0.1) is 12.8 Å². The molecule has 1 unspecified atom stereocenters. The molecule has 146 valence electrons. The van der Waals surface area contributed by atoms with Crippen molar-refractivity contribution >= 4 is 17.2 Å². The third-order valence-electron chi connectivity index (χ3n) is 4.46. The Hall–Kier alpha value is -3.35. The summed E-state index contributed by atoms with van der Waals surface area (Å²) in [5, 5.41) is 15.9. The van der Waals surface area contributed by atoms with Crippen LogP contribution < -0.4 is 10.1 Å². The Morgan fingerprint density at radius 3 is 2.38 bits per heavy atom. The van der Waals surface area contributed by atoms with E-state index in [0.29, 0.717) is 22.0 Å². The number of carbonyl (C=O) groups is 1. The van der Waals surface area contributed by atoms with E-state index in [1.807, 2.05) is 47.8 Å². The second-order valence-corrected chi connectivity index (χ2v) is 7.38. The highest BCUT2D eigenvalue weighted by Crippen LogP contribution is 2.32. The molecule has 0 aliphatic heterocycles. The molecule has 1 amide bonds. The monoisotopic (exact) mass is 405 g/mol. The lowest BCUT2D eigenvalue weighted by Gasteiger charge is -2.25. The third kappa shape index (κ3) is 4.23. The molecule has 29 heavy (non-hydrogen) atoms. The highest BCUT2D eigenvalue weighted by molar-refractivity contribution is 7.10. The summed E-state index contributed by atoms with van der Waals surface area (Å²) in [5.41, 5.74) is -0.956. The van der Waals surface area contributed by atoms with Crippen molar-refractivity contribution < 1.29 is 19.1 Å². The largest absolute Gasteiger partial charge is 0.466 e. The summed E-state index contributed by atoms with van der Waals surface area (Å²) >= 11 is 1.40. The Balaban J connectivity index is 1.45. The Bertz CT molecular complexity index is 1010. The molecule has 4 rings (SSSR count). The zero-order chi connectivity index (χ0) is 20.1. The Kier molecular flexibility index (Phi) is 5.46. The number of ether oxygens (including phenoxy) is 1. The van der Waals surface area contributed by atoms with Crippen LogP contribution in [0.4, 0.5) is 0 Å². The van der Waals surface area contributed by atoms with Gasteiger partial charge in [-0.05, 0) is 60.0 Å². The quantitative estimate of drug-likeness (QED) is 0.463. The molecule has 0 aliphatic carbocycles. The van der Waals surface area contributed by atoms with Gasteiger partial charge >= 0.3 is 0 Å². The van der Waals surface area contributed by atoms with Gasteiger partial charge in [-0.25, -0.2) is 0 Å². The van der Waals surface area contributed by atoms with Gasteiger partial charge in [-0.2, -0.15) is 0 Å². The molecule has 2 aromatic heterocycles. The maximum absolute atomic E-state index is 12.6. The van der Waals surface area contributed by atoms with Crippen molar-refractivity contribution in [3.63, 3.8) is 0 Å². The van der Waals surface area contributed by atoms with Gasteiger partial charge in [-0.3, -0.25) is 4.79 Å². The molecule has 0 radical (unpaired) electrons. The number of furan rings is 1. The van der Waals surface area contributed by atoms with E-state index in [1.165, 1.54) is 17.6 Å². The van der Waals surface area contributed by atoms with Crippen molar-refractivity contribution in [3.8, 4) is 11.5 Å². The number of hydrogen-bond donors (Lipinski definition) is 2. The van der Waals surface area contributed by atoms with Crippen molar-refractivity contribution in [2.24, 2.45) is 0 Å². The number of para-hydroxylation sites is 1. The highest BCUT2D eigenvalue weighted by atomic mass is 32.1. The summed E-state index contributed by atoms with van der Waals surface area (Å²) in [6, 6.07) is 23.3. The molecule has 0 saturated heterocycles. The third-order valence-corrected chi connectivity index (χ3v) is 5.48. The average Bonchev–Trinajstić information content (AvgIpc) is 3.48. The van der Waals surface area contributed by atoms with E-state index in [1.54, 1.807) is 36.4 Å². The lowest BCUT2D eigenvalue weighted by molar-refractivity contribution is 0.0554. The molecule has 0 aliphatic rings. The van der Waals surface area contributed by atoms with Crippen LogP contribution in [0.3, 0.4) is 0 Å². The minimum atomic E-state index is -1.43. The molecule has 1 atom stereocenters. The first-order chi connectivity index (χ1) is 14.1. The van der Waals surface area contributed by atoms with Crippen LogP contribution in [0.25, 0.3) is 0 Å². The summed E-state index contributed by atoms with van der Waals surface area (Å²) in [7, 11) is 0. The Labute approximate surface area is 172 Å². The van der Waals surface area contributed by atoms with Crippen LogP contribution in [-0.4, -0.2) is 17.6 Å². The first-order valence-corrected chi connectivity index (χ1v) is 9.95. The van der Waals surface area contributed by atoms with Crippen LogP contribution in [0.5, 0.6) is 11.5 Å². The van der Waals surface area contributed by atoms with E-state index in [9.17, 15) is 9.90 Å². The predicted molar refractivity (Wildman–Crippen MR) is 111 cm³/mol. The molecule has 2 heterocycles. The van der Waals surface area contributed by atoms with E-state index in [0.717, 1.165) is 5.75 Å². The summed E-state index contributed by atoms with van der Waals surface area (Å²) in [4.78, 5) is 13.3. The molecule has 4 aromatic rings. The summed E-state index contributed by atoms with van der Waals surface area (Å²) in [6.45, 7) is -0.0118. The molecule has 0 spiro atoms. The normalized spacial score (nSPS) is 12.9. The van der Waals surface area contributed by atoms with Gasteiger partial charge in [0, 0.05) is 10.4 Å². The lowest BCUT2D eigenvalue weighted by Crippen LogP contribution is -2.41. The Morgan fingerprint density at radius 2 is 1.72 bits per heavy atom. The molecule has 5 nitrogen and oxygen atoms in total. The van der Waals surface area contributed by atoms with E-state index in [2.05, 4.69) is 5.32 Å². The second kappa shape index (κ2) is 8.34. The van der Waals surface area contributed by atoms with Gasteiger partial charge in [0.15, 0.2) is 5.60 Å². The van der Waals surface area contributed by atoms with Gasteiger partial charge in [-0.1, -0.05) is 24.3 Å². The van der Waals surface area contributed by atoms with Crippen molar-refractivity contribution in [1.82, 2.24) is 5.32 Å². The van der Waals surface area contributed by atoms with Crippen molar-refractivity contribution in [2.75, 3.05) is 6.54 Å².